The standard InChI is InChI=1S/C22H36O4/c1-14(2)7-6-8-15(3)13-17(23)9-10-18-19(24)11-12-22(26-5)20(18)16(4)21(22)25/h7,9-10,15-20,23-24H,6,8,11-13H2,1-5H3/b10-9+/t15?,16?,17-,18+,19-,20-,22-/m1/s1. The van der Waals surface area contributed by atoms with Crippen molar-refractivity contribution < 1.29 is 19.7 Å². The average Bonchev–Trinajstić information content (AvgIpc) is 2.59. The number of ether oxygens (including phenoxy) is 1. The molecule has 2 N–H and O–H groups in total. The number of hydrogen-bond acceptors (Lipinski definition) is 4. The number of aliphatic hydroxyl groups is 2. The van der Waals surface area contributed by atoms with Crippen LogP contribution in [0, 0.1) is 23.7 Å². The number of allylic oxidation sites excluding steroid dienone is 2. The van der Waals surface area contributed by atoms with E-state index in [0.29, 0.717) is 25.2 Å². The van der Waals surface area contributed by atoms with E-state index in [2.05, 4.69) is 26.8 Å². The van der Waals surface area contributed by atoms with Gasteiger partial charge in [0, 0.05) is 24.9 Å². The summed E-state index contributed by atoms with van der Waals surface area (Å²) in [7, 11) is 1.60. The molecule has 0 radical (unpaired) electrons. The molecule has 0 aliphatic heterocycles. The number of rotatable bonds is 8. The van der Waals surface area contributed by atoms with Crippen LogP contribution in [0.4, 0.5) is 0 Å². The summed E-state index contributed by atoms with van der Waals surface area (Å²) in [5.41, 5.74) is 0.602. The van der Waals surface area contributed by atoms with E-state index < -0.39 is 17.8 Å². The topological polar surface area (TPSA) is 66.8 Å². The smallest absolute Gasteiger partial charge is 0.168 e. The zero-order valence-electron chi connectivity index (χ0n) is 16.9. The molecule has 2 saturated carbocycles. The summed E-state index contributed by atoms with van der Waals surface area (Å²) in [6, 6.07) is 0. The fraction of sp³-hybridized carbons (Fsp3) is 0.773. The van der Waals surface area contributed by atoms with Gasteiger partial charge >= 0.3 is 0 Å². The third-order valence-electron chi connectivity index (χ3n) is 6.35. The number of carbonyl (C=O) groups excluding carboxylic acids is 1. The number of fused-ring (bicyclic) bond motifs is 1. The fourth-order valence-electron chi connectivity index (χ4n) is 4.86. The van der Waals surface area contributed by atoms with Gasteiger partial charge in [-0.25, -0.2) is 0 Å². The van der Waals surface area contributed by atoms with Crippen LogP contribution in [0.1, 0.15) is 59.8 Å². The molecule has 0 spiro atoms. The number of aliphatic hydroxyl groups excluding tert-OH is 2. The molecule has 2 unspecified atom stereocenters. The molecular formula is C22H36O4. The average molecular weight is 365 g/mol. The van der Waals surface area contributed by atoms with E-state index in [1.165, 1.54) is 5.57 Å². The molecule has 2 aliphatic rings. The minimum atomic E-state index is -0.726. The van der Waals surface area contributed by atoms with Crippen molar-refractivity contribution in [1.29, 1.82) is 0 Å². The summed E-state index contributed by atoms with van der Waals surface area (Å²) >= 11 is 0. The summed E-state index contributed by atoms with van der Waals surface area (Å²) in [5.74, 6) is 0.363. The summed E-state index contributed by atoms with van der Waals surface area (Å²) in [4.78, 5) is 12.3. The van der Waals surface area contributed by atoms with Gasteiger partial charge in [0.2, 0.25) is 0 Å². The van der Waals surface area contributed by atoms with Crippen LogP contribution in [0.3, 0.4) is 0 Å². The van der Waals surface area contributed by atoms with Crippen molar-refractivity contribution in [3.8, 4) is 0 Å². The minimum absolute atomic E-state index is 0.00212. The van der Waals surface area contributed by atoms with Crippen LogP contribution >= 0.6 is 0 Å². The van der Waals surface area contributed by atoms with Gasteiger partial charge in [-0.05, 0) is 51.9 Å². The Hall–Kier alpha value is -0.970. The first-order valence-corrected chi connectivity index (χ1v) is 10.00. The summed E-state index contributed by atoms with van der Waals surface area (Å²) in [6.07, 6.45) is 8.94. The molecular weight excluding hydrogens is 328 g/mol. The second-order valence-electron chi connectivity index (χ2n) is 8.61. The van der Waals surface area contributed by atoms with Gasteiger partial charge in [0.1, 0.15) is 5.60 Å². The van der Waals surface area contributed by atoms with Crippen molar-refractivity contribution in [2.24, 2.45) is 23.7 Å². The van der Waals surface area contributed by atoms with Gasteiger partial charge in [0.05, 0.1) is 12.2 Å². The highest BCUT2D eigenvalue weighted by molar-refractivity contribution is 5.96. The van der Waals surface area contributed by atoms with Crippen LogP contribution in [0.25, 0.3) is 0 Å². The highest BCUT2D eigenvalue weighted by Gasteiger charge is 2.65. The third kappa shape index (κ3) is 4.29. The molecule has 0 amide bonds. The van der Waals surface area contributed by atoms with Crippen molar-refractivity contribution >= 4 is 5.78 Å². The van der Waals surface area contributed by atoms with Gasteiger partial charge in [-0.3, -0.25) is 4.79 Å². The SMILES string of the molecule is CO[C@]12CC[C@@H](O)[C@H](/C=C/[C@@H](O)CC(C)CCC=C(C)C)[C@H]1C(C)C2=O. The number of carbonyl (C=O) groups is 1. The highest BCUT2D eigenvalue weighted by Crippen LogP contribution is 2.54. The molecule has 2 fully saturated rings. The summed E-state index contributed by atoms with van der Waals surface area (Å²) in [5, 5.41) is 20.8. The highest BCUT2D eigenvalue weighted by atomic mass is 16.5. The van der Waals surface area contributed by atoms with Gasteiger partial charge in [-0.1, -0.05) is 37.6 Å². The Morgan fingerprint density at radius 1 is 1.42 bits per heavy atom. The van der Waals surface area contributed by atoms with E-state index in [1.54, 1.807) is 7.11 Å². The molecule has 148 valence electrons. The maximum Gasteiger partial charge on any atom is 0.168 e. The predicted octanol–water partition coefficient (Wildman–Crippen LogP) is 3.67. The number of methoxy groups -OCH3 is 1. The molecule has 26 heavy (non-hydrogen) atoms. The van der Waals surface area contributed by atoms with Crippen molar-refractivity contribution in [3.05, 3.63) is 23.8 Å². The number of Topliss-reactive ketones (excluding diaryl/α,β-unsaturated/α-hetero) is 1. The van der Waals surface area contributed by atoms with Gasteiger partial charge in [-0.2, -0.15) is 0 Å². The Balaban J connectivity index is 1.95. The van der Waals surface area contributed by atoms with Gasteiger partial charge in [0.15, 0.2) is 5.78 Å². The molecule has 4 nitrogen and oxygen atoms in total. The molecule has 0 bridgehead atoms. The molecule has 0 heterocycles. The molecule has 0 aromatic carbocycles. The van der Waals surface area contributed by atoms with E-state index in [9.17, 15) is 15.0 Å². The van der Waals surface area contributed by atoms with E-state index in [-0.39, 0.29) is 23.5 Å². The van der Waals surface area contributed by atoms with Crippen LogP contribution in [-0.4, -0.2) is 40.9 Å². The van der Waals surface area contributed by atoms with E-state index in [0.717, 1.165) is 12.8 Å². The van der Waals surface area contributed by atoms with Gasteiger partial charge < -0.3 is 14.9 Å². The first kappa shape index (κ1) is 21.3. The molecule has 2 rings (SSSR count). The largest absolute Gasteiger partial charge is 0.393 e. The van der Waals surface area contributed by atoms with E-state index >= 15 is 0 Å². The monoisotopic (exact) mass is 364 g/mol. The van der Waals surface area contributed by atoms with E-state index in [1.807, 2.05) is 19.1 Å². The summed E-state index contributed by atoms with van der Waals surface area (Å²) in [6.45, 7) is 8.28. The second-order valence-corrected chi connectivity index (χ2v) is 8.61. The van der Waals surface area contributed by atoms with Crippen molar-refractivity contribution in [2.45, 2.75) is 77.6 Å². The van der Waals surface area contributed by atoms with Crippen LogP contribution in [0.2, 0.25) is 0 Å². The summed E-state index contributed by atoms with van der Waals surface area (Å²) < 4.78 is 5.61. The molecule has 2 aliphatic carbocycles. The predicted molar refractivity (Wildman–Crippen MR) is 104 cm³/mol. The van der Waals surface area contributed by atoms with Gasteiger partial charge in [0.25, 0.3) is 0 Å². The lowest BCUT2D eigenvalue weighted by Gasteiger charge is -2.57. The lowest BCUT2D eigenvalue weighted by atomic mass is 9.50. The lowest BCUT2D eigenvalue weighted by molar-refractivity contribution is -0.206. The first-order chi connectivity index (χ1) is 12.2. The number of ketones is 1. The normalized spacial score (nSPS) is 36.3. The minimum Gasteiger partial charge on any atom is -0.393 e. The van der Waals surface area contributed by atoms with Crippen LogP contribution in [0.5, 0.6) is 0 Å². The quantitative estimate of drug-likeness (QED) is 0.645. The Bertz CT molecular complexity index is 548. The molecule has 0 aromatic heterocycles. The second kappa shape index (κ2) is 8.81. The Labute approximate surface area is 158 Å². The Morgan fingerprint density at radius 2 is 2.12 bits per heavy atom. The Kier molecular flexibility index (Phi) is 7.23. The maximum absolute atomic E-state index is 12.3. The molecule has 4 heteroatoms. The third-order valence-corrected chi connectivity index (χ3v) is 6.35. The lowest BCUT2D eigenvalue weighted by Crippen LogP contribution is -2.69. The van der Waals surface area contributed by atoms with Gasteiger partial charge in [-0.15, -0.1) is 0 Å². The van der Waals surface area contributed by atoms with Crippen LogP contribution in [-0.2, 0) is 9.53 Å². The zero-order chi connectivity index (χ0) is 19.5. The fourth-order valence-corrected chi connectivity index (χ4v) is 4.86. The molecule has 7 atom stereocenters. The zero-order valence-corrected chi connectivity index (χ0v) is 16.9. The maximum atomic E-state index is 12.3. The van der Waals surface area contributed by atoms with Crippen molar-refractivity contribution in [2.75, 3.05) is 7.11 Å². The van der Waals surface area contributed by atoms with E-state index in [4.69, 9.17) is 4.74 Å². The van der Waals surface area contributed by atoms with Crippen molar-refractivity contribution in [3.63, 3.8) is 0 Å². The first-order valence-electron chi connectivity index (χ1n) is 10.00. The van der Waals surface area contributed by atoms with Crippen LogP contribution in [0.15, 0.2) is 23.8 Å². The molecule has 0 aromatic rings. The molecule has 0 saturated heterocycles. The van der Waals surface area contributed by atoms with Crippen molar-refractivity contribution in [1.82, 2.24) is 0 Å². The number of hydrogen-bond donors (Lipinski definition) is 2. The van der Waals surface area contributed by atoms with Crippen LogP contribution < -0.4 is 0 Å². The Morgan fingerprint density at radius 3 is 2.73 bits per heavy atom.